The van der Waals surface area contributed by atoms with E-state index in [-0.39, 0.29) is 0 Å². The van der Waals surface area contributed by atoms with Crippen molar-refractivity contribution < 1.29 is 5.11 Å². The Bertz CT molecular complexity index is 761. The van der Waals surface area contributed by atoms with Gasteiger partial charge in [0, 0.05) is 0 Å². The van der Waals surface area contributed by atoms with Crippen molar-refractivity contribution >= 4 is 0 Å². The molecule has 0 aromatic carbocycles. The summed E-state index contributed by atoms with van der Waals surface area (Å²) in [4.78, 5) is 0. The lowest BCUT2D eigenvalue weighted by molar-refractivity contribution is -0.247. The standard InChI is InChI=1S/C31H54O/c1-20-18-26(2,3)23-14-17-31(9)25(29(23,7)19-20)11-10-24-28(6)15-12-21(27(4,5)32)22(28)13-16-30(24,31)8/h20-25,32H,10-19H2,1-9H3/t20-,21-,22+,23?,24?,25?,28-,29-,30+,31+/m0/s1. The predicted octanol–water partition coefficient (Wildman–Crippen LogP) is 8.49. The fraction of sp³-hybridized carbons (Fsp3) is 1.00. The smallest absolute Gasteiger partial charge is 0.0622 e. The number of hydrogen-bond donors (Lipinski definition) is 1. The van der Waals surface area contributed by atoms with E-state index in [2.05, 4.69) is 62.3 Å². The summed E-state index contributed by atoms with van der Waals surface area (Å²) in [5, 5.41) is 11.0. The van der Waals surface area contributed by atoms with E-state index in [4.69, 9.17) is 0 Å². The summed E-state index contributed by atoms with van der Waals surface area (Å²) in [6.07, 6.45) is 14.0. The van der Waals surface area contributed by atoms with Gasteiger partial charge in [-0.25, -0.2) is 0 Å². The van der Waals surface area contributed by atoms with Crippen LogP contribution in [0.1, 0.15) is 127 Å². The van der Waals surface area contributed by atoms with Crippen molar-refractivity contribution in [2.75, 3.05) is 0 Å². The summed E-state index contributed by atoms with van der Waals surface area (Å²) in [6, 6.07) is 0. The molecule has 5 rings (SSSR count). The molecule has 5 saturated carbocycles. The first kappa shape index (κ1) is 23.7. The van der Waals surface area contributed by atoms with Crippen LogP contribution in [0, 0.1) is 62.6 Å². The van der Waals surface area contributed by atoms with Crippen LogP contribution in [-0.2, 0) is 0 Å². The van der Waals surface area contributed by atoms with E-state index in [1.807, 2.05) is 0 Å². The Hall–Kier alpha value is -0.0400. The fourth-order valence-corrected chi connectivity index (χ4v) is 12.8. The third-order valence-electron chi connectivity index (χ3n) is 13.7. The first-order valence-corrected chi connectivity index (χ1v) is 14.3. The molecule has 1 N–H and O–H groups in total. The van der Waals surface area contributed by atoms with Gasteiger partial charge in [-0.05, 0) is 141 Å². The van der Waals surface area contributed by atoms with Gasteiger partial charge in [-0.15, -0.1) is 0 Å². The van der Waals surface area contributed by atoms with E-state index in [1.165, 1.54) is 64.2 Å². The minimum atomic E-state index is -0.521. The highest BCUT2D eigenvalue weighted by molar-refractivity contribution is 5.19. The second-order valence-corrected chi connectivity index (χ2v) is 16.1. The van der Waals surface area contributed by atoms with Crippen molar-refractivity contribution in [3.05, 3.63) is 0 Å². The SMILES string of the molecule is C[C@H]1CC(C)(C)C2CC[C@]3(C)C(CCC4[C@@]5(C)CC[C@H](C(C)(C)O)[C@H]5CC[C@]43C)[C@@]2(C)C1. The molecule has 0 aromatic rings. The largest absolute Gasteiger partial charge is 0.390 e. The molecule has 0 saturated heterocycles. The average molecular weight is 443 g/mol. The Morgan fingerprint density at radius 1 is 0.656 bits per heavy atom. The van der Waals surface area contributed by atoms with Gasteiger partial charge in [0.25, 0.3) is 0 Å². The normalized spacial score (nSPS) is 57.2. The summed E-state index contributed by atoms with van der Waals surface area (Å²) in [7, 11) is 0. The zero-order valence-corrected chi connectivity index (χ0v) is 23.0. The topological polar surface area (TPSA) is 20.2 Å². The minimum absolute atomic E-state index is 0.433. The van der Waals surface area contributed by atoms with E-state index >= 15 is 0 Å². The molecule has 0 heterocycles. The summed E-state index contributed by atoms with van der Waals surface area (Å²) in [6.45, 7) is 22.8. The average Bonchev–Trinajstić information content (AvgIpc) is 2.98. The molecule has 0 amide bonds. The van der Waals surface area contributed by atoms with Crippen molar-refractivity contribution in [2.24, 2.45) is 62.6 Å². The fourth-order valence-electron chi connectivity index (χ4n) is 12.8. The molecular formula is C31H54O. The Morgan fingerprint density at radius 3 is 1.81 bits per heavy atom. The first-order chi connectivity index (χ1) is 14.6. The molecule has 3 unspecified atom stereocenters. The molecule has 1 nitrogen and oxygen atoms in total. The zero-order chi connectivity index (χ0) is 23.5. The molecule has 0 aromatic heterocycles. The van der Waals surface area contributed by atoms with Gasteiger partial charge in [-0.3, -0.25) is 0 Å². The number of rotatable bonds is 1. The first-order valence-electron chi connectivity index (χ1n) is 14.3. The van der Waals surface area contributed by atoms with E-state index in [0.717, 1.165) is 29.6 Å². The van der Waals surface area contributed by atoms with Crippen LogP contribution >= 0.6 is 0 Å². The van der Waals surface area contributed by atoms with Gasteiger partial charge in [-0.2, -0.15) is 0 Å². The van der Waals surface area contributed by atoms with Gasteiger partial charge in [-0.1, -0.05) is 48.5 Å². The van der Waals surface area contributed by atoms with Crippen LogP contribution in [-0.4, -0.2) is 10.7 Å². The lowest BCUT2D eigenvalue weighted by atomic mass is 9.31. The summed E-state index contributed by atoms with van der Waals surface area (Å²) >= 11 is 0. The Labute approximate surface area is 199 Å². The third-order valence-corrected chi connectivity index (χ3v) is 13.7. The van der Waals surface area contributed by atoms with Gasteiger partial charge in [0.15, 0.2) is 0 Å². The molecule has 184 valence electrons. The molecule has 0 aliphatic heterocycles. The molecule has 32 heavy (non-hydrogen) atoms. The van der Waals surface area contributed by atoms with Crippen LogP contribution in [0.3, 0.4) is 0 Å². The highest BCUT2D eigenvalue weighted by atomic mass is 16.3. The molecule has 10 atom stereocenters. The van der Waals surface area contributed by atoms with Crippen molar-refractivity contribution in [2.45, 2.75) is 132 Å². The monoisotopic (exact) mass is 442 g/mol. The molecule has 5 fully saturated rings. The van der Waals surface area contributed by atoms with Crippen LogP contribution in [0.15, 0.2) is 0 Å². The van der Waals surface area contributed by atoms with Gasteiger partial charge < -0.3 is 5.11 Å². The van der Waals surface area contributed by atoms with Crippen molar-refractivity contribution in [3.63, 3.8) is 0 Å². The van der Waals surface area contributed by atoms with Gasteiger partial charge in [0.2, 0.25) is 0 Å². The predicted molar refractivity (Wildman–Crippen MR) is 135 cm³/mol. The third kappa shape index (κ3) is 2.85. The maximum absolute atomic E-state index is 11.0. The lowest BCUT2D eigenvalue weighted by Crippen LogP contribution is -2.66. The summed E-state index contributed by atoms with van der Waals surface area (Å²) < 4.78 is 0. The molecule has 0 radical (unpaired) electrons. The maximum atomic E-state index is 11.0. The highest BCUT2D eigenvalue weighted by Gasteiger charge is 2.70. The van der Waals surface area contributed by atoms with E-state index < -0.39 is 5.60 Å². The van der Waals surface area contributed by atoms with E-state index in [0.29, 0.717) is 33.0 Å². The molecule has 0 spiro atoms. The number of aliphatic hydroxyl groups is 1. The van der Waals surface area contributed by atoms with Gasteiger partial charge in [0.1, 0.15) is 0 Å². The van der Waals surface area contributed by atoms with Crippen LogP contribution in [0.5, 0.6) is 0 Å². The van der Waals surface area contributed by atoms with Crippen LogP contribution in [0.4, 0.5) is 0 Å². The molecular weight excluding hydrogens is 388 g/mol. The second kappa shape index (κ2) is 6.79. The quantitative estimate of drug-likeness (QED) is 0.431. The van der Waals surface area contributed by atoms with Gasteiger partial charge in [0.05, 0.1) is 5.60 Å². The molecule has 1 heteroatoms. The Balaban J connectivity index is 1.52. The minimum Gasteiger partial charge on any atom is -0.390 e. The molecule has 5 aliphatic carbocycles. The number of hydrogen-bond acceptors (Lipinski definition) is 1. The summed E-state index contributed by atoms with van der Waals surface area (Å²) in [5.74, 6) is 4.73. The zero-order valence-electron chi connectivity index (χ0n) is 23.0. The van der Waals surface area contributed by atoms with Crippen molar-refractivity contribution in [3.8, 4) is 0 Å². The Kier molecular flexibility index (Phi) is 5.03. The Morgan fingerprint density at radius 2 is 1.22 bits per heavy atom. The van der Waals surface area contributed by atoms with Crippen molar-refractivity contribution in [1.82, 2.24) is 0 Å². The van der Waals surface area contributed by atoms with E-state index in [9.17, 15) is 5.11 Å². The molecule has 5 aliphatic rings. The summed E-state index contributed by atoms with van der Waals surface area (Å²) in [5.41, 5.74) is 1.88. The highest BCUT2D eigenvalue weighted by Crippen LogP contribution is 2.78. The van der Waals surface area contributed by atoms with E-state index in [1.54, 1.807) is 0 Å². The van der Waals surface area contributed by atoms with Crippen LogP contribution in [0.2, 0.25) is 0 Å². The second-order valence-electron chi connectivity index (χ2n) is 16.1. The maximum Gasteiger partial charge on any atom is 0.0622 e. The lowest BCUT2D eigenvalue weighted by Gasteiger charge is -2.73. The number of fused-ring (bicyclic) bond motifs is 7. The molecule has 0 bridgehead atoms. The van der Waals surface area contributed by atoms with Crippen molar-refractivity contribution in [1.29, 1.82) is 0 Å². The van der Waals surface area contributed by atoms with Crippen LogP contribution < -0.4 is 0 Å². The van der Waals surface area contributed by atoms with Crippen LogP contribution in [0.25, 0.3) is 0 Å². The van der Waals surface area contributed by atoms with Gasteiger partial charge >= 0.3 is 0 Å².